The first kappa shape index (κ1) is 12.7. The Kier molecular flexibility index (Phi) is 5.64. The number of phenolic OH excluding ortho intramolecular Hbond substituents is 1. The third-order valence-corrected chi connectivity index (χ3v) is 1.65. The monoisotopic (exact) mass is 216 g/mol. The van der Waals surface area contributed by atoms with E-state index in [-0.39, 0.29) is 23.8 Å². The molecule has 0 atom stereocenters. The Morgan fingerprint density at radius 3 is 2.71 bits per heavy atom. The number of hydrogen-bond acceptors (Lipinski definition) is 4. The number of benzene rings is 1. The number of anilines is 1. The molecule has 0 aliphatic heterocycles. The predicted molar refractivity (Wildman–Crippen MR) is 59.6 cm³/mol. The lowest BCUT2D eigenvalue weighted by Crippen LogP contribution is -1.98. The van der Waals surface area contributed by atoms with Gasteiger partial charge in [0, 0.05) is 18.3 Å². The van der Waals surface area contributed by atoms with Crippen molar-refractivity contribution >= 4 is 23.8 Å². The van der Waals surface area contributed by atoms with E-state index in [9.17, 15) is 10.0 Å². The van der Waals surface area contributed by atoms with Gasteiger partial charge in [-0.2, -0.15) is 0 Å². The van der Waals surface area contributed by atoms with Crippen LogP contribution in [0.4, 0.5) is 11.4 Å². The highest BCUT2D eigenvalue weighted by Crippen LogP contribution is 2.28. The maximum Gasteiger partial charge on any atom is 0.149 e. The maximum absolute atomic E-state index is 10.1. The number of rotatable bonds is 4. The molecule has 0 unspecified atom stereocenters. The zero-order valence-electron chi connectivity index (χ0n) is 7.86. The Bertz CT molecular complexity index is 305. The molecule has 0 bridgehead atoms. The van der Waals surface area contributed by atoms with Crippen molar-refractivity contribution in [3.8, 4) is 5.75 Å². The summed E-state index contributed by atoms with van der Waals surface area (Å²) in [7, 11) is 0. The molecule has 5 heteroatoms. The van der Waals surface area contributed by atoms with Gasteiger partial charge in [-0.3, -0.25) is 0 Å². The number of phenols is 1. The van der Waals surface area contributed by atoms with Gasteiger partial charge in [0.15, 0.2) is 0 Å². The molecule has 0 radical (unpaired) electrons. The lowest BCUT2D eigenvalue weighted by atomic mass is 10.2. The Labute approximate surface area is 88.7 Å². The first-order valence-electron chi connectivity index (χ1n) is 4.18. The summed E-state index contributed by atoms with van der Waals surface area (Å²) >= 11 is 0. The van der Waals surface area contributed by atoms with Gasteiger partial charge in [0.2, 0.25) is 0 Å². The summed E-state index contributed by atoms with van der Waals surface area (Å²) in [6.07, 6.45) is 1.01. The van der Waals surface area contributed by atoms with E-state index in [0.29, 0.717) is 0 Å². The van der Waals surface area contributed by atoms with Crippen LogP contribution < -0.4 is 5.32 Å². The van der Waals surface area contributed by atoms with Crippen molar-refractivity contribution in [3.05, 3.63) is 23.1 Å². The summed E-state index contributed by atoms with van der Waals surface area (Å²) in [5.41, 5.74) is 0.869. The molecule has 0 spiro atoms. The first-order valence-corrected chi connectivity index (χ1v) is 4.18. The molecule has 0 fully saturated rings. The van der Waals surface area contributed by atoms with Crippen LogP contribution in [0.1, 0.15) is 13.3 Å². The highest BCUT2D eigenvalue weighted by molar-refractivity contribution is 5.85. The quantitative estimate of drug-likeness (QED) is 0.761. The molecule has 1 rings (SSSR count). The maximum atomic E-state index is 10.1. The fraction of sp³-hybridized carbons (Fsp3) is 0.333. The summed E-state index contributed by atoms with van der Waals surface area (Å²) in [4.78, 5) is 10.1. The zero-order valence-corrected chi connectivity index (χ0v) is 8.67. The fourth-order valence-corrected chi connectivity index (χ4v) is 0.980. The minimum Gasteiger partial charge on any atom is -0.505 e. The van der Waals surface area contributed by atoms with Crippen LogP contribution in [0.5, 0.6) is 5.75 Å². The van der Waals surface area contributed by atoms with Gasteiger partial charge in [0.25, 0.3) is 0 Å². The standard InChI is InChI=1S/C9H12N2O2.ClH/c1-2-5-10-7-3-4-8(11-13)9(12)6-7;/h3-4,6,10,12H,2,5H2,1H3;1H. The van der Waals surface area contributed by atoms with Crippen molar-refractivity contribution in [2.75, 3.05) is 11.9 Å². The number of halogens is 1. The van der Waals surface area contributed by atoms with Crippen molar-refractivity contribution in [2.45, 2.75) is 13.3 Å². The van der Waals surface area contributed by atoms with Crippen LogP contribution in [0.2, 0.25) is 0 Å². The Morgan fingerprint density at radius 2 is 2.21 bits per heavy atom. The van der Waals surface area contributed by atoms with E-state index in [4.69, 9.17) is 0 Å². The van der Waals surface area contributed by atoms with E-state index in [1.165, 1.54) is 12.1 Å². The Morgan fingerprint density at radius 1 is 1.50 bits per heavy atom. The van der Waals surface area contributed by atoms with E-state index in [0.717, 1.165) is 18.7 Å². The molecule has 78 valence electrons. The van der Waals surface area contributed by atoms with Gasteiger partial charge in [0.1, 0.15) is 11.4 Å². The molecule has 0 aliphatic carbocycles. The zero-order chi connectivity index (χ0) is 9.68. The van der Waals surface area contributed by atoms with Gasteiger partial charge >= 0.3 is 0 Å². The molecule has 0 saturated heterocycles. The molecule has 2 N–H and O–H groups in total. The van der Waals surface area contributed by atoms with E-state index in [2.05, 4.69) is 10.5 Å². The smallest absolute Gasteiger partial charge is 0.149 e. The normalized spacial score (nSPS) is 8.93. The second-order valence-corrected chi connectivity index (χ2v) is 2.72. The SMILES string of the molecule is CCCNc1ccc(N=O)c(O)c1.Cl. The third-order valence-electron chi connectivity index (χ3n) is 1.65. The Hall–Kier alpha value is -1.29. The van der Waals surface area contributed by atoms with Crippen LogP contribution in [-0.2, 0) is 0 Å². The molecular weight excluding hydrogens is 204 g/mol. The predicted octanol–water partition coefficient (Wildman–Crippen LogP) is 3.03. The van der Waals surface area contributed by atoms with Gasteiger partial charge in [-0.15, -0.1) is 17.3 Å². The fourth-order valence-electron chi connectivity index (χ4n) is 0.980. The molecule has 4 nitrogen and oxygen atoms in total. The van der Waals surface area contributed by atoms with E-state index < -0.39 is 0 Å². The molecule has 0 amide bonds. The summed E-state index contributed by atoms with van der Waals surface area (Å²) in [6, 6.07) is 4.69. The molecule has 0 aliphatic rings. The van der Waals surface area contributed by atoms with Crippen molar-refractivity contribution < 1.29 is 5.11 Å². The molecule has 0 saturated carbocycles. The van der Waals surface area contributed by atoms with Crippen LogP contribution >= 0.6 is 12.4 Å². The second kappa shape index (κ2) is 6.21. The van der Waals surface area contributed by atoms with Gasteiger partial charge in [-0.1, -0.05) is 6.92 Å². The average Bonchev–Trinajstić information content (AvgIpc) is 2.15. The van der Waals surface area contributed by atoms with Crippen LogP contribution in [0.3, 0.4) is 0 Å². The lowest BCUT2D eigenvalue weighted by molar-refractivity contribution is 0.477. The first-order chi connectivity index (χ1) is 6.27. The number of aromatic hydroxyl groups is 1. The van der Waals surface area contributed by atoms with E-state index in [1.54, 1.807) is 6.07 Å². The summed E-state index contributed by atoms with van der Waals surface area (Å²) in [6.45, 7) is 2.89. The molecular formula is C9H13ClN2O2. The van der Waals surface area contributed by atoms with Crippen molar-refractivity contribution in [1.82, 2.24) is 0 Å². The van der Waals surface area contributed by atoms with Gasteiger partial charge in [0.05, 0.1) is 0 Å². The van der Waals surface area contributed by atoms with Crippen LogP contribution in [0.15, 0.2) is 23.4 Å². The highest BCUT2D eigenvalue weighted by atomic mass is 35.5. The van der Waals surface area contributed by atoms with Crippen molar-refractivity contribution in [1.29, 1.82) is 0 Å². The summed E-state index contributed by atoms with van der Waals surface area (Å²) in [5.74, 6) is -0.0869. The van der Waals surface area contributed by atoms with Crippen LogP contribution in [0, 0.1) is 4.91 Å². The molecule has 14 heavy (non-hydrogen) atoms. The van der Waals surface area contributed by atoms with E-state index >= 15 is 0 Å². The van der Waals surface area contributed by atoms with Crippen LogP contribution in [0.25, 0.3) is 0 Å². The lowest BCUT2D eigenvalue weighted by Gasteiger charge is -2.04. The van der Waals surface area contributed by atoms with Gasteiger partial charge in [-0.05, 0) is 23.7 Å². The number of nitroso groups, excluding NO2 is 1. The summed E-state index contributed by atoms with van der Waals surface area (Å²) < 4.78 is 0. The minimum absolute atomic E-state index is 0. The van der Waals surface area contributed by atoms with Gasteiger partial charge < -0.3 is 10.4 Å². The third kappa shape index (κ3) is 3.22. The summed E-state index contributed by atoms with van der Waals surface area (Å²) in [5, 5.41) is 15.0. The van der Waals surface area contributed by atoms with E-state index in [1.807, 2.05) is 6.92 Å². The van der Waals surface area contributed by atoms with Gasteiger partial charge in [-0.25, -0.2) is 0 Å². The van der Waals surface area contributed by atoms with Crippen molar-refractivity contribution in [3.63, 3.8) is 0 Å². The van der Waals surface area contributed by atoms with Crippen molar-refractivity contribution in [2.24, 2.45) is 5.18 Å². The number of nitrogens with one attached hydrogen (secondary N) is 1. The highest BCUT2D eigenvalue weighted by Gasteiger charge is 2.01. The second-order valence-electron chi connectivity index (χ2n) is 2.72. The number of nitrogens with zero attached hydrogens (tertiary/aromatic N) is 1. The Balaban J connectivity index is 0.00000169. The van der Waals surface area contributed by atoms with Crippen LogP contribution in [-0.4, -0.2) is 11.7 Å². The molecule has 1 aromatic rings. The largest absolute Gasteiger partial charge is 0.505 e. The topological polar surface area (TPSA) is 61.7 Å². The average molecular weight is 217 g/mol. The molecule has 0 aromatic heterocycles. The molecule has 1 aromatic carbocycles. The minimum atomic E-state index is -0.0869. The molecule has 0 heterocycles. The number of hydrogen-bond donors (Lipinski definition) is 2.